The Labute approximate surface area is 173 Å². The molecule has 0 fully saturated rings. The van der Waals surface area contributed by atoms with Gasteiger partial charge in [0.1, 0.15) is 11.4 Å². The summed E-state index contributed by atoms with van der Waals surface area (Å²) in [6.45, 7) is 0. The van der Waals surface area contributed by atoms with Crippen LogP contribution in [0.25, 0.3) is 5.69 Å². The molecule has 0 radical (unpaired) electrons. The van der Waals surface area contributed by atoms with Gasteiger partial charge in [-0.1, -0.05) is 42.5 Å². The van der Waals surface area contributed by atoms with Gasteiger partial charge in [0.15, 0.2) is 6.17 Å². The van der Waals surface area contributed by atoms with Crippen LogP contribution in [0.3, 0.4) is 0 Å². The number of para-hydroxylation sites is 4. The Morgan fingerprint density at radius 3 is 2.50 bits per heavy atom. The predicted octanol–water partition coefficient (Wildman–Crippen LogP) is 4.05. The second-order valence-corrected chi connectivity index (χ2v) is 6.83. The zero-order chi connectivity index (χ0) is 20.5. The largest absolute Gasteiger partial charge is 0.495 e. The first kappa shape index (κ1) is 17.9. The Morgan fingerprint density at radius 1 is 0.933 bits per heavy atom. The van der Waals surface area contributed by atoms with E-state index in [0.717, 1.165) is 11.4 Å². The fourth-order valence-electron chi connectivity index (χ4n) is 3.62. The number of aromatic nitrogens is 3. The van der Waals surface area contributed by atoms with Crippen molar-refractivity contribution in [3.05, 3.63) is 96.3 Å². The monoisotopic (exact) mass is 397 g/mol. The number of hydrogen-bond donors (Lipinski definition) is 1. The molecule has 0 bridgehead atoms. The number of anilines is 2. The molecule has 1 aliphatic rings. The van der Waals surface area contributed by atoms with Crippen molar-refractivity contribution in [1.29, 1.82) is 0 Å². The van der Waals surface area contributed by atoms with Gasteiger partial charge >= 0.3 is 0 Å². The average Bonchev–Trinajstić information content (AvgIpc) is 3.30. The minimum absolute atomic E-state index is 0.131. The van der Waals surface area contributed by atoms with Gasteiger partial charge in [-0.25, -0.2) is 0 Å². The molecular formula is C23H19N5O2. The van der Waals surface area contributed by atoms with Gasteiger partial charge in [-0.3, -0.25) is 9.69 Å². The Hall–Kier alpha value is -4.13. The molecule has 3 aromatic carbocycles. The second-order valence-electron chi connectivity index (χ2n) is 6.83. The molecule has 0 spiro atoms. The first-order chi connectivity index (χ1) is 14.8. The molecule has 0 aliphatic carbocycles. The van der Waals surface area contributed by atoms with Crippen molar-refractivity contribution in [2.75, 3.05) is 17.3 Å². The van der Waals surface area contributed by atoms with Gasteiger partial charge in [0.05, 0.1) is 30.2 Å². The molecule has 148 valence electrons. The number of ether oxygens (including phenoxy) is 1. The van der Waals surface area contributed by atoms with Gasteiger partial charge in [0.25, 0.3) is 5.91 Å². The molecule has 1 aliphatic heterocycles. The van der Waals surface area contributed by atoms with E-state index in [1.165, 1.54) is 0 Å². The molecule has 1 atom stereocenters. The third kappa shape index (κ3) is 2.97. The molecule has 4 aromatic rings. The summed E-state index contributed by atoms with van der Waals surface area (Å²) in [6.07, 6.45) is 1.13. The molecule has 2 heterocycles. The van der Waals surface area contributed by atoms with Crippen LogP contribution < -0.4 is 15.0 Å². The normalized spacial score (nSPS) is 15.4. The molecule has 30 heavy (non-hydrogen) atoms. The van der Waals surface area contributed by atoms with Gasteiger partial charge in [0, 0.05) is 5.69 Å². The Kier molecular flexibility index (Phi) is 4.40. The van der Waals surface area contributed by atoms with Crippen LogP contribution in [-0.2, 0) is 0 Å². The second kappa shape index (κ2) is 7.36. The molecule has 7 heteroatoms. The zero-order valence-electron chi connectivity index (χ0n) is 16.3. The van der Waals surface area contributed by atoms with Crippen molar-refractivity contribution in [3.8, 4) is 11.4 Å². The van der Waals surface area contributed by atoms with Gasteiger partial charge < -0.3 is 10.1 Å². The van der Waals surface area contributed by atoms with E-state index in [1.807, 2.05) is 78.9 Å². The number of methoxy groups -OCH3 is 1. The lowest BCUT2D eigenvalue weighted by molar-refractivity contribution is 0.0973. The summed E-state index contributed by atoms with van der Waals surface area (Å²) in [4.78, 5) is 16.7. The number of hydrogen-bond acceptors (Lipinski definition) is 5. The predicted molar refractivity (Wildman–Crippen MR) is 114 cm³/mol. The molecular weight excluding hydrogens is 378 g/mol. The first-order valence-corrected chi connectivity index (χ1v) is 9.56. The van der Waals surface area contributed by atoms with Crippen LogP contribution in [0.1, 0.15) is 22.2 Å². The van der Waals surface area contributed by atoms with E-state index in [-0.39, 0.29) is 5.91 Å². The third-order valence-electron chi connectivity index (χ3n) is 5.05. The highest BCUT2D eigenvalue weighted by atomic mass is 16.5. The van der Waals surface area contributed by atoms with Gasteiger partial charge in [-0.05, 0) is 36.4 Å². The molecule has 1 amide bonds. The van der Waals surface area contributed by atoms with Crippen molar-refractivity contribution < 1.29 is 9.53 Å². The van der Waals surface area contributed by atoms with Crippen molar-refractivity contribution >= 4 is 17.3 Å². The molecule has 1 aromatic heterocycles. The highest BCUT2D eigenvalue weighted by molar-refractivity contribution is 6.12. The number of nitrogens with one attached hydrogen (secondary N) is 1. The topological polar surface area (TPSA) is 72.3 Å². The Balaban J connectivity index is 1.63. The number of fused-ring (bicyclic) bond motifs is 1. The number of carbonyl (C=O) groups is 1. The van der Waals surface area contributed by atoms with Gasteiger partial charge in [0.2, 0.25) is 0 Å². The van der Waals surface area contributed by atoms with E-state index in [9.17, 15) is 4.79 Å². The lowest BCUT2D eigenvalue weighted by atomic mass is 10.1. The average molecular weight is 397 g/mol. The zero-order valence-corrected chi connectivity index (χ0v) is 16.3. The lowest BCUT2D eigenvalue weighted by Gasteiger charge is -2.37. The van der Waals surface area contributed by atoms with Crippen LogP contribution in [0, 0.1) is 0 Å². The summed E-state index contributed by atoms with van der Waals surface area (Å²) >= 11 is 0. The highest BCUT2D eigenvalue weighted by Crippen LogP contribution is 2.39. The van der Waals surface area contributed by atoms with Crippen molar-refractivity contribution in [1.82, 2.24) is 15.0 Å². The number of nitrogens with zero attached hydrogens (tertiary/aromatic N) is 4. The number of carbonyl (C=O) groups excluding carboxylic acids is 1. The molecule has 1 N–H and O–H groups in total. The van der Waals surface area contributed by atoms with E-state index in [2.05, 4.69) is 15.5 Å². The molecule has 0 saturated carbocycles. The summed E-state index contributed by atoms with van der Waals surface area (Å²) in [7, 11) is 1.59. The molecule has 0 saturated heterocycles. The van der Waals surface area contributed by atoms with Gasteiger partial charge in [-0.2, -0.15) is 9.90 Å². The lowest BCUT2D eigenvalue weighted by Crippen LogP contribution is -2.43. The Bertz CT molecular complexity index is 1200. The van der Waals surface area contributed by atoms with Crippen LogP contribution in [0.5, 0.6) is 5.75 Å². The smallest absolute Gasteiger partial charge is 0.262 e. The Morgan fingerprint density at radius 2 is 1.67 bits per heavy atom. The van der Waals surface area contributed by atoms with Crippen molar-refractivity contribution in [2.24, 2.45) is 0 Å². The summed E-state index contributed by atoms with van der Waals surface area (Å²) in [5.74, 6) is 0.473. The quantitative estimate of drug-likeness (QED) is 0.563. The van der Waals surface area contributed by atoms with Gasteiger partial charge in [-0.15, -0.1) is 5.10 Å². The van der Waals surface area contributed by atoms with E-state index < -0.39 is 6.17 Å². The first-order valence-electron chi connectivity index (χ1n) is 9.56. The van der Waals surface area contributed by atoms with Crippen LogP contribution in [0.15, 0.2) is 85.1 Å². The van der Waals surface area contributed by atoms with E-state index >= 15 is 0 Å². The van der Waals surface area contributed by atoms with Crippen molar-refractivity contribution in [2.45, 2.75) is 6.17 Å². The maximum atomic E-state index is 13.5. The van der Waals surface area contributed by atoms with E-state index in [1.54, 1.807) is 23.0 Å². The third-order valence-corrected chi connectivity index (χ3v) is 5.05. The maximum absolute atomic E-state index is 13.5. The van der Waals surface area contributed by atoms with Crippen LogP contribution in [-0.4, -0.2) is 28.0 Å². The summed E-state index contributed by atoms with van der Waals surface area (Å²) in [6, 6.07) is 24.6. The van der Waals surface area contributed by atoms with Crippen LogP contribution >= 0.6 is 0 Å². The fourth-order valence-corrected chi connectivity index (χ4v) is 3.62. The molecule has 0 unspecified atom stereocenters. The minimum Gasteiger partial charge on any atom is -0.495 e. The standard InChI is InChI=1S/C23H19N5O2/c1-30-21-14-8-7-13-20(21)27-22(25-18-12-6-5-11-17(18)23(27)29)19-15-24-28(26-19)16-9-3-2-4-10-16/h2-15,22,25H,1H3/t22-/m0/s1. The number of rotatable bonds is 4. The summed E-state index contributed by atoms with van der Waals surface area (Å²) < 4.78 is 5.53. The number of amides is 1. The maximum Gasteiger partial charge on any atom is 0.262 e. The fraction of sp³-hybridized carbons (Fsp3) is 0.0870. The van der Waals surface area contributed by atoms with Crippen LogP contribution in [0.2, 0.25) is 0 Å². The van der Waals surface area contributed by atoms with E-state index in [0.29, 0.717) is 22.7 Å². The molecule has 7 nitrogen and oxygen atoms in total. The van der Waals surface area contributed by atoms with E-state index in [4.69, 9.17) is 4.74 Å². The summed E-state index contributed by atoms with van der Waals surface area (Å²) in [5.41, 5.74) is 3.47. The van der Waals surface area contributed by atoms with Crippen LogP contribution in [0.4, 0.5) is 11.4 Å². The summed E-state index contributed by atoms with van der Waals surface area (Å²) in [5, 5.41) is 12.5. The highest BCUT2D eigenvalue weighted by Gasteiger charge is 2.37. The number of benzene rings is 3. The minimum atomic E-state index is -0.541. The molecule has 5 rings (SSSR count). The van der Waals surface area contributed by atoms with Crippen molar-refractivity contribution in [3.63, 3.8) is 0 Å². The SMILES string of the molecule is COc1ccccc1N1C(=O)c2ccccc2N[C@@H]1c1cnn(-c2ccccc2)n1.